The van der Waals surface area contributed by atoms with E-state index < -0.39 is 5.91 Å². The van der Waals surface area contributed by atoms with Gasteiger partial charge in [0, 0.05) is 23.7 Å². The van der Waals surface area contributed by atoms with Crippen molar-refractivity contribution >= 4 is 11.8 Å². The Morgan fingerprint density at radius 3 is 2.45 bits per heavy atom. The van der Waals surface area contributed by atoms with Gasteiger partial charge >= 0.3 is 0 Å². The monoisotopic (exact) mass is 300 g/mol. The molecule has 1 aliphatic heterocycles. The maximum atomic E-state index is 12.8. The molecule has 0 spiro atoms. The van der Waals surface area contributed by atoms with Crippen molar-refractivity contribution < 1.29 is 9.59 Å². The van der Waals surface area contributed by atoms with Gasteiger partial charge in [0.25, 0.3) is 5.91 Å². The fraction of sp³-hybridized carbons (Fsp3) is 0.556. The first-order valence-electron chi connectivity index (χ1n) is 8.37. The van der Waals surface area contributed by atoms with E-state index in [9.17, 15) is 9.59 Å². The maximum absolute atomic E-state index is 12.8. The minimum atomic E-state index is -0.486. The molecule has 1 saturated carbocycles. The molecule has 118 valence electrons. The van der Waals surface area contributed by atoms with Crippen LogP contribution in [0.3, 0.4) is 0 Å². The van der Waals surface area contributed by atoms with Gasteiger partial charge in [0.2, 0.25) is 5.91 Å². The number of amides is 2. The molecule has 0 radical (unpaired) electrons. The van der Waals surface area contributed by atoms with E-state index in [4.69, 9.17) is 5.73 Å². The third-order valence-corrected chi connectivity index (χ3v) is 5.15. The molecule has 2 aliphatic rings. The van der Waals surface area contributed by atoms with E-state index in [0.29, 0.717) is 23.1 Å². The summed E-state index contributed by atoms with van der Waals surface area (Å²) in [6.45, 7) is 0.834. The van der Waals surface area contributed by atoms with Crippen molar-refractivity contribution in [2.45, 2.75) is 51.0 Å². The average Bonchev–Trinajstić information content (AvgIpc) is 3.04. The van der Waals surface area contributed by atoms with Crippen molar-refractivity contribution in [1.82, 2.24) is 4.90 Å². The van der Waals surface area contributed by atoms with Crippen molar-refractivity contribution in [3.05, 3.63) is 35.4 Å². The molecule has 0 bridgehead atoms. The molecular formula is C18H24N2O2. The summed E-state index contributed by atoms with van der Waals surface area (Å²) in [4.78, 5) is 26.2. The Labute approximate surface area is 131 Å². The molecule has 1 saturated heterocycles. The van der Waals surface area contributed by atoms with Crippen molar-refractivity contribution in [3.63, 3.8) is 0 Å². The summed E-state index contributed by atoms with van der Waals surface area (Å²) < 4.78 is 0. The highest BCUT2D eigenvalue weighted by Crippen LogP contribution is 2.35. The highest BCUT2D eigenvalue weighted by atomic mass is 16.2. The van der Waals surface area contributed by atoms with Crippen LogP contribution in [0.5, 0.6) is 0 Å². The molecule has 0 aromatic heterocycles. The Kier molecular flexibility index (Phi) is 4.46. The largest absolute Gasteiger partial charge is 0.366 e. The predicted molar refractivity (Wildman–Crippen MR) is 85.6 cm³/mol. The van der Waals surface area contributed by atoms with Crippen LogP contribution < -0.4 is 5.73 Å². The zero-order valence-corrected chi connectivity index (χ0v) is 13.0. The highest BCUT2D eigenvalue weighted by Gasteiger charge is 2.35. The molecule has 1 aromatic rings. The van der Waals surface area contributed by atoms with Gasteiger partial charge in [-0.3, -0.25) is 9.59 Å². The van der Waals surface area contributed by atoms with Gasteiger partial charge in [0.15, 0.2) is 0 Å². The van der Waals surface area contributed by atoms with Crippen LogP contribution in [-0.2, 0) is 0 Å². The number of likely N-dealkylation sites (tertiary alicyclic amines) is 1. The number of nitrogens with zero attached hydrogens (tertiary/aromatic N) is 1. The lowest BCUT2D eigenvalue weighted by Crippen LogP contribution is -2.40. The molecular weight excluding hydrogens is 276 g/mol. The Hall–Kier alpha value is -1.84. The smallest absolute Gasteiger partial charge is 0.254 e. The SMILES string of the molecule is NC(=O)c1cccc(C(=O)N2CCCC2C2CCCCC2)c1. The summed E-state index contributed by atoms with van der Waals surface area (Å²) in [5.41, 5.74) is 6.30. The molecule has 1 unspecified atom stereocenters. The van der Waals surface area contributed by atoms with Gasteiger partial charge in [0.05, 0.1) is 0 Å². The summed E-state index contributed by atoms with van der Waals surface area (Å²) >= 11 is 0. The first-order chi connectivity index (χ1) is 10.7. The molecule has 22 heavy (non-hydrogen) atoms. The molecule has 1 aromatic carbocycles. The third kappa shape index (κ3) is 3.01. The lowest BCUT2D eigenvalue weighted by Gasteiger charge is -2.34. The van der Waals surface area contributed by atoms with E-state index in [1.165, 1.54) is 32.1 Å². The first kappa shape index (κ1) is 15.1. The van der Waals surface area contributed by atoms with Gasteiger partial charge in [0.1, 0.15) is 0 Å². The average molecular weight is 300 g/mol. The zero-order chi connectivity index (χ0) is 15.5. The van der Waals surface area contributed by atoms with Crippen LogP contribution in [0.15, 0.2) is 24.3 Å². The van der Waals surface area contributed by atoms with E-state index in [0.717, 1.165) is 19.4 Å². The van der Waals surface area contributed by atoms with E-state index in [1.54, 1.807) is 24.3 Å². The summed E-state index contributed by atoms with van der Waals surface area (Å²) in [5.74, 6) is 0.218. The maximum Gasteiger partial charge on any atom is 0.254 e. The lowest BCUT2D eigenvalue weighted by atomic mass is 9.83. The van der Waals surface area contributed by atoms with Crippen LogP contribution in [0, 0.1) is 5.92 Å². The second-order valence-corrected chi connectivity index (χ2v) is 6.55. The summed E-state index contributed by atoms with van der Waals surface area (Å²) in [5, 5.41) is 0. The third-order valence-electron chi connectivity index (χ3n) is 5.15. The summed E-state index contributed by atoms with van der Waals surface area (Å²) in [6.07, 6.45) is 8.61. The fourth-order valence-electron chi connectivity index (χ4n) is 4.03. The van der Waals surface area contributed by atoms with E-state index in [2.05, 4.69) is 0 Å². The number of rotatable bonds is 3. The highest BCUT2D eigenvalue weighted by molar-refractivity contribution is 5.99. The molecule has 1 aliphatic carbocycles. The Bertz CT molecular complexity index is 564. The van der Waals surface area contributed by atoms with Crippen LogP contribution in [-0.4, -0.2) is 29.3 Å². The first-order valence-corrected chi connectivity index (χ1v) is 8.37. The van der Waals surface area contributed by atoms with Gasteiger partial charge in [-0.15, -0.1) is 0 Å². The van der Waals surface area contributed by atoms with Crippen molar-refractivity contribution in [1.29, 1.82) is 0 Å². The number of carbonyl (C=O) groups excluding carboxylic acids is 2. The number of primary amides is 1. The van der Waals surface area contributed by atoms with E-state index in [1.807, 2.05) is 4.90 Å². The van der Waals surface area contributed by atoms with E-state index >= 15 is 0 Å². The van der Waals surface area contributed by atoms with Crippen LogP contribution in [0.4, 0.5) is 0 Å². The molecule has 1 heterocycles. The molecule has 4 heteroatoms. The quantitative estimate of drug-likeness (QED) is 0.932. The van der Waals surface area contributed by atoms with Crippen LogP contribution in [0.1, 0.15) is 65.7 Å². The number of hydrogen-bond donors (Lipinski definition) is 1. The molecule has 2 amide bonds. The van der Waals surface area contributed by atoms with Crippen LogP contribution in [0.2, 0.25) is 0 Å². The van der Waals surface area contributed by atoms with Gasteiger partial charge in [-0.05, 0) is 49.8 Å². The Balaban J connectivity index is 1.78. The zero-order valence-electron chi connectivity index (χ0n) is 13.0. The number of hydrogen-bond acceptors (Lipinski definition) is 2. The second-order valence-electron chi connectivity index (χ2n) is 6.55. The number of carbonyl (C=O) groups is 2. The minimum Gasteiger partial charge on any atom is -0.366 e. The molecule has 3 rings (SSSR count). The normalized spacial score (nSPS) is 22.7. The standard InChI is InChI=1S/C18H24N2O2/c19-17(21)14-8-4-9-15(12-14)18(22)20-11-5-10-16(20)13-6-2-1-3-7-13/h4,8-9,12-13,16H,1-3,5-7,10-11H2,(H2,19,21). The fourth-order valence-corrected chi connectivity index (χ4v) is 4.03. The van der Waals surface area contributed by atoms with Crippen molar-refractivity contribution in [2.24, 2.45) is 11.7 Å². The molecule has 2 N–H and O–H groups in total. The number of benzene rings is 1. The lowest BCUT2D eigenvalue weighted by molar-refractivity contribution is 0.0661. The minimum absolute atomic E-state index is 0.0520. The van der Waals surface area contributed by atoms with Gasteiger partial charge in [-0.25, -0.2) is 0 Å². The predicted octanol–water partition coefficient (Wildman–Crippen LogP) is 2.97. The second kappa shape index (κ2) is 6.51. The Morgan fingerprint density at radius 2 is 1.73 bits per heavy atom. The van der Waals surface area contributed by atoms with Gasteiger partial charge in [-0.1, -0.05) is 25.3 Å². The summed E-state index contributed by atoms with van der Waals surface area (Å²) in [6, 6.07) is 7.18. The summed E-state index contributed by atoms with van der Waals surface area (Å²) in [7, 11) is 0. The van der Waals surface area contributed by atoms with Crippen LogP contribution >= 0.6 is 0 Å². The van der Waals surface area contributed by atoms with Crippen molar-refractivity contribution in [3.8, 4) is 0 Å². The van der Waals surface area contributed by atoms with Crippen molar-refractivity contribution in [2.75, 3.05) is 6.54 Å². The topological polar surface area (TPSA) is 63.4 Å². The van der Waals surface area contributed by atoms with Gasteiger partial charge in [-0.2, -0.15) is 0 Å². The van der Waals surface area contributed by atoms with E-state index in [-0.39, 0.29) is 5.91 Å². The number of nitrogens with two attached hydrogens (primary N) is 1. The van der Waals surface area contributed by atoms with Crippen LogP contribution in [0.25, 0.3) is 0 Å². The molecule has 2 fully saturated rings. The molecule has 4 nitrogen and oxygen atoms in total. The van der Waals surface area contributed by atoms with Gasteiger partial charge < -0.3 is 10.6 Å². The molecule has 1 atom stereocenters. The Morgan fingerprint density at radius 1 is 1.00 bits per heavy atom.